The number of aromatic nitrogens is 3. The predicted molar refractivity (Wildman–Crippen MR) is 43.0 cm³/mol. The molecule has 62 valence electrons. The van der Waals surface area contributed by atoms with Crippen LogP contribution in [0.25, 0.3) is 0 Å². The molecule has 0 saturated carbocycles. The lowest BCUT2D eigenvalue weighted by molar-refractivity contribution is 0.614. The SMILES string of the molecule is CC(N)CCCc1ncn[nH]1. The van der Waals surface area contributed by atoms with Crippen LogP contribution in [0.5, 0.6) is 0 Å². The van der Waals surface area contributed by atoms with Gasteiger partial charge in [-0.1, -0.05) is 0 Å². The van der Waals surface area contributed by atoms with E-state index in [0.717, 1.165) is 25.1 Å². The van der Waals surface area contributed by atoms with Crippen molar-refractivity contribution in [1.82, 2.24) is 15.2 Å². The quantitative estimate of drug-likeness (QED) is 0.662. The third-order valence-electron chi connectivity index (χ3n) is 1.54. The van der Waals surface area contributed by atoms with Gasteiger partial charge >= 0.3 is 0 Å². The molecule has 1 rings (SSSR count). The molecule has 0 aliphatic carbocycles. The van der Waals surface area contributed by atoms with Crippen LogP contribution < -0.4 is 5.73 Å². The Morgan fingerprint density at radius 2 is 2.55 bits per heavy atom. The van der Waals surface area contributed by atoms with Gasteiger partial charge in [0.15, 0.2) is 0 Å². The van der Waals surface area contributed by atoms with E-state index in [0.29, 0.717) is 0 Å². The fourth-order valence-electron chi connectivity index (χ4n) is 0.943. The third kappa shape index (κ3) is 3.13. The molecule has 3 N–H and O–H groups in total. The zero-order valence-corrected chi connectivity index (χ0v) is 6.75. The molecule has 4 heteroatoms. The van der Waals surface area contributed by atoms with Gasteiger partial charge in [0.2, 0.25) is 0 Å². The molecule has 0 spiro atoms. The molecule has 0 amide bonds. The van der Waals surface area contributed by atoms with Gasteiger partial charge in [-0.25, -0.2) is 4.98 Å². The van der Waals surface area contributed by atoms with Gasteiger partial charge in [-0.05, 0) is 19.8 Å². The van der Waals surface area contributed by atoms with Gasteiger partial charge in [0.1, 0.15) is 12.2 Å². The fraction of sp³-hybridized carbons (Fsp3) is 0.714. The number of aromatic amines is 1. The van der Waals surface area contributed by atoms with Crippen LogP contribution in [0.1, 0.15) is 25.6 Å². The van der Waals surface area contributed by atoms with E-state index in [1.165, 1.54) is 6.33 Å². The largest absolute Gasteiger partial charge is 0.328 e. The van der Waals surface area contributed by atoms with Gasteiger partial charge in [0.25, 0.3) is 0 Å². The molecule has 1 aromatic rings. The number of rotatable bonds is 4. The van der Waals surface area contributed by atoms with Crippen molar-refractivity contribution in [3.8, 4) is 0 Å². The second kappa shape index (κ2) is 4.08. The highest BCUT2D eigenvalue weighted by Crippen LogP contribution is 1.99. The maximum absolute atomic E-state index is 5.59. The molecular formula is C7H14N4. The molecule has 1 unspecified atom stereocenters. The molecule has 1 atom stereocenters. The highest BCUT2D eigenvalue weighted by molar-refractivity contribution is 4.79. The van der Waals surface area contributed by atoms with Gasteiger partial charge in [-0.2, -0.15) is 5.10 Å². The summed E-state index contributed by atoms with van der Waals surface area (Å²) in [6.45, 7) is 2.01. The minimum atomic E-state index is 0.290. The molecule has 1 heterocycles. The van der Waals surface area contributed by atoms with Crippen LogP contribution in [0.15, 0.2) is 6.33 Å². The van der Waals surface area contributed by atoms with E-state index in [1.54, 1.807) is 0 Å². The standard InChI is InChI=1S/C7H14N4/c1-6(8)3-2-4-7-9-5-10-11-7/h5-6H,2-4,8H2,1H3,(H,9,10,11). The lowest BCUT2D eigenvalue weighted by Crippen LogP contribution is -2.14. The third-order valence-corrected chi connectivity index (χ3v) is 1.54. The van der Waals surface area contributed by atoms with Crippen molar-refractivity contribution < 1.29 is 0 Å². The van der Waals surface area contributed by atoms with Gasteiger partial charge < -0.3 is 5.73 Å². The van der Waals surface area contributed by atoms with E-state index in [2.05, 4.69) is 15.2 Å². The van der Waals surface area contributed by atoms with Crippen LogP contribution in [0.4, 0.5) is 0 Å². The summed E-state index contributed by atoms with van der Waals surface area (Å²) in [6, 6.07) is 0.290. The highest BCUT2D eigenvalue weighted by atomic mass is 15.2. The minimum absolute atomic E-state index is 0.290. The molecule has 1 aromatic heterocycles. The Morgan fingerprint density at radius 1 is 1.73 bits per heavy atom. The van der Waals surface area contributed by atoms with Crippen LogP contribution in [0.2, 0.25) is 0 Å². The number of nitrogens with one attached hydrogen (secondary N) is 1. The fourth-order valence-corrected chi connectivity index (χ4v) is 0.943. The first-order chi connectivity index (χ1) is 5.29. The Balaban J connectivity index is 2.14. The maximum Gasteiger partial charge on any atom is 0.137 e. The van der Waals surface area contributed by atoms with E-state index >= 15 is 0 Å². The topological polar surface area (TPSA) is 67.6 Å². The summed E-state index contributed by atoms with van der Waals surface area (Å²) < 4.78 is 0. The molecule has 0 radical (unpaired) electrons. The molecule has 0 aromatic carbocycles. The van der Waals surface area contributed by atoms with Crippen molar-refractivity contribution in [2.45, 2.75) is 32.2 Å². The number of nitrogens with zero attached hydrogens (tertiary/aromatic N) is 2. The minimum Gasteiger partial charge on any atom is -0.328 e. The summed E-state index contributed by atoms with van der Waals surface area (Å²) >= 11 is 0. The lowest BCUT2D eigenvalue weighted by atomic mass is 10.1. The van der Waals surface area contributed by atoms with Crippen molar-refractivity contribution in [2.75, 3.05) is 0 Å². The molecule has 0 aliphatic heterocycles. The highest BCUT2D eigenvalue weighted by Gasteiger charge is 1.97. The smallest absolute Gasteiger partial charge is 0.137 e. The Hall–Kier alpha value is -0.900. The summed E-state index contributed by atoms with van der Waals surface area (Å²) in [6.07, 6.45) is 4.59. The van der Waals surface area contributed by atoms with Gasteiger partial charge in [-0.15, -0.1) is 0 Å². The second-order valence-corrected chi connectivity index (χ2v) is 2.80. The van der Waals surface area contributed by atoms with Crippen molar-refractivity contribution >= 4 is 0 Å². The predicted octanol–water partition coefficient (Wildman–Crippen LogP) is 0.475. The molecule has 11 heavy (non-hydrogen) atoms. The van der Waals surface area contributed by atoms with Crippen LogP contribution in [0, 0.1) is 0 Å². The van der Waals surface area contributed by atoms with Gasteiger partial charge in [-0.3, -0.25) is 5.10 Å². The van der Waals surface area contributed by atoms with Crippen molar-refractivity contribution in [1.29, 1.82) is 0 Å². The molecule has 4 nitrogen and oxygen atoms in total. The Labute approximate surface area is 66.2 Å². The summed E-state index contributed by atoms with van der Waals surface area (Å²) in [5.74, 6) is 0.950. The average Bonchev–Trinajstić information content (AvgIpc) is 2.39. The number of H-pyrrole nitrogens is 1. The summed E-state index contributed by atoms with van der Waals surface area (Å²) in [5, 5.41) is 6.56. The van der Waals surface area contributed by atoms with Crippen molar-refractivity contribution in [2.24, 2.45) is 5.73 Å². The molecule has 0 fully saturated rings. The number of hydrogen-bond donors (Lipinski definition) is 2. The van der Waals surface area contributed by atoms with Gasteiger partial charge in [0.05, 0.1) is 0 Å². The Bertz CT molecular complexity index is 180. The van der Waals surface area contributed by atoms with E-state index in [-0.39, 0.29) is 6.04 Å². The molecule has 0 bridgehead atoms. The zero-order chi connectivity index (χ0) is 8.10. The summed E-state index contributed by atoms with van der Waals surface area (Å²) in [4.78, 5) is 4.01. The molecule has 0 saturated heterocycles. The first-order valence-corrected chi connectivity index (χ1v) is 3.89. The normalized spacial score (nSPS) is 13.3. The molecule has 0 aliphatic rings. The van der Waals surface area contributed by atoms with Crippen molar-refractivity contribution in [3.63, 3.8) is 0 Å². The van der Waals surface area contributed by atoms with Crippen LogP contribution >= 0.6 is 0 Å². The first kappa shape index (κ1) is 8.20. The van der Waals surface area contributed by atoms with Crippen LogP contribution in [-0.4, -0.2) is 21.2 Å². The molecular weight excluding hydrogens is 140 g/mol. The van der Waals surface area contributed by atoms with E-state index < -0.39 is 0 Å². The van der Waals surface area contributed by atoms with Crippen LogP contribution in [0.3, 0.4) is 0 Å². The Morgan fingerprint density at radius 3 is 3.09 bits per heavy atom. The van der Waals surface area contributed by atoms with E-state index in [9.17, 15) is 0 Å². The summed E-state index contributed by atoms with van der Waals surface area (Å²) in [7, 11) is 0. The van der Waals surface area contributed by atoms with E-state index in [1.807, 2.05) is 6.92 Å². The monoisotopic (exact) mass is 154 g/mol. The second-order valence-electron chi connectivity index (χ2n) is 2.80. The van der Waals surface area contributed by atoms with E-state index in [4.69, 9.17) is 5.73 Å². The number of hydrogen-bond acceptors (Lipinski definition) is 3. The zero-order valence-electron chi connectivity index (χ0n) is 6.75. The van der Waals surface area contributed by atoms with Crippen molar-refractivity contribution in [3.05, 3.63) is 12.2 Å². The lowest BCUT2D eigenvalue weighted by Gasteiger charge is -2.01. The summed E-state index contributed by atoms with van der Waals surface area (Å²) in [5.41, 5.74) is 5.59. The van der Waals surface area contributed by atoms with Gasteiger partial charge in [0, 0.05) is 12.5 Å². The Kier molecular flexibility index (Phi) is 3.04. The average molecular weight is 154 g/mol. The first-order valence-electron chi connectivity index (χ1n) is 3.89. The van der Waals surface area contributed by atoms with Crippen LogP contribution in [-0.2, 0) is 6.42 Å². The number of nitrogens with two attached hydrogens (primary N) is 1. The number of aryl methyl sites for hydroxylation is 1. The maximum atomic E-state index is 5.59.